The van der Waals surface area contributed by atoms with Gasteiger partial charge in [-0.05, 0) is 88.9 Å². The first-order valence-corrected chi connectivity index (χ1v) is 12.3. The normalized spacial score (nSPS) is 17.6. The number of halogens is 1. The summed E-state index contributed by atoms with van der Waals surface area (Å²) in [6.45, 7) is 11.5. The minimum absolute atomic E-state index is 0.245. The second-order valence-electron chi connectivity index (χ2n) is 9.44. The molecular weight excluding hydrogens is 482 g/mol. The van der Waals surface area contributed by atoms with Crippen LogP contribution in [0.1, 0.15) is 52.2 Å². The number of amides is 2. The second kappa shape index (κ2) is 10.2. The Morgan fingerprint density at radius 1 is 1.09 bits per heavy atom. The molecule has 1 atom stereocenters. The zero-order valence-electron chi connectivity index (χ0n) is 20.1. The van der Waals surface area contributed by atoms with Crippen molar-refractivity contribution in [1.82, 2.24) is 5.32 Å². The molecule has 2 aromatic carbocycles. The van der Waals surface area contributed by atoms with E-state index in [1.807, 2.05) is 57.2 Å². The average molecular weight is 516 g/mol. The molecule has 0 saturated carbocycles. The summed E-state index contributed by atoms with van der Waals surface area (Å²) in [5.41, 5.74) is 2.25. The summed E-state index contributed by atoms with van der Waals surface area (Å²) in [4.78, 5) is 28.6. The molecule has 33 heavy (non-hydrogen) atoms. The van der Waals surface area contributed by atoms with Gasteiger partial charge in [0.25, 0.3) is 5.91 Å². The number of aryl methyl sites for hydroxylation is 1. The number of ether oxygens (including phenoxy) is 1. The van der Waals surface area contributed by atoms with Gasteiger partial charge in [0, 0.05) is 35.4 Å². The van der Waals surface area contributed by atoms with Gasteiger partial charge < -0.3 is 20.3 Å². The van der Waals surface area contributed by atoms with Crippen LogP contribution >= 0.6 is 15.9 Å². The predicted molar refractivity (Wildman–Crippen MR) is 137 cm³/mol. The van der Waals surface area contributed by atoms with Crippen LogP contribution in [0.4, 0.5) is 16.2 Å². The number of anilines is 2. The molecule has 2 amide bonds. The molecule has 2 aromatic rings. The summed E-state index contributed by atoms with van der Waals surface area (Å²) < 4.78 is 6.44. The largest absolute Gasteiger partial charge is 0.444 e. The molecule has 7 heteroatoms. The first kappa shape index (κ1) is 25.1. The Morgan fingerprint density at radius 3 is 2.36 bits per heavy atom. The average Bonchev–Trinajstić information content (AvgIpc) is 2.75. The number of rotatable bonds is 6. The molecule has 6 nitrogen and oxygen atoms in total. The summed E-state index contributed by atoms with van der Waals surface area (Å²) >= 11 is 3.62. The van der Waals surface area contributed by atoms with Crippen molar-refractivity contribution in [3.63, 3.8) is 0 Å². The smallest absolute Gasteiger partial charge is 0.408 e. The SMILES string of the molecule is CCN(CC)c1ccc(NC(=O)C2(NC(=O)OC(C)(C)C)CCc3cccc(Br)c3C2)cc1. The molecule has 178 valence electrons. The number of carbonyl (C=O) groups is 2. The topological polar surface area (TPSA) is 70.7 Å². The van der Waals surface area contributed by atoms with Crippen molar-refractivity contribution >= 4 is 39.3 Å². The van der Waals surface area contributed by atoms with E-state index in [0.29, 0.717) is 24.9 Å². The van der Waals surface area contributed by atoms with Crippen LogP contribution in [-0.4, -0.2) is 36.2 Å². The molecule has 0 aliphatic heterocycles. The van der Waals surface area contributed by atoms with Crippen molar-refractivity contribution < 1.29 is 14.3 Å². The summed E-state index contributed by atoms with van der Waals surface area (Å²) in [6, 6.07) is 13.8. The number of fused-ring (bicyclic) bond motifs is 1. The third-order valence-electron chi connectivity index (χ3n) is 5.94. The Balaban J connectivity index is 1.87. The van der Waals surface area contributed by atoms with Crippen LogP contribution in [0.5, 0.6) is 0 Å². The monoisotopic (exact) mass is 515 g/mol. The number of alkyl carbamates (subject to hydrolysis) is 1. The molecule has 0 bridgehead atoms. The molecule has 0 aromatic heterocycles. The minimum atomic E-state index is -1.11. The van der Waals surface area contributed by atoms with Crippen molar-refractivity contribution in [3.8, 4) is 0 Å². The van der Waals surface area contributed by atoms with Gasteiger partial charge in [0.1, 0.15) is 11.1 Å². The maximum absolute atomic E-state index is 13.6. The number of nitrogens with zero attached hydrogens (tertiary/aromatic N) is 1. The molecular formula is C26H34BrN3O3. The highest BCUT2D eigenvalue weighted by Crippen LogP contribution is 2.34. The van der Waals surface area contributed by atoms with Gasteiger partial charge in [-0.3, -0.25) is 4.79 Å². The summed E-state index contributed by atoms with van der Waals surface area (Å²) in [5, 5.41) is 5.95. The van der Waals surface area contributed by atoms with Crippen LogP contribution < -0.4 is 15.5 Å². The molecule has 0 fully saturated rings. The van der Waals surface area contributed by atoms with Gasteiger partial charge in [-0.1, -0.05) is 28.1 Å². The van der Waals surface area contributed by atoms with E-state index in [1.54, 1.807) is 0 Å². The third kappa shape index (κ3) is 6.08. The molecule has 0 heterocycles. The molecule has 1 aliphatic rings. The van der Waals surface area contributed by atoms with E-state index in [0.717, 1.165) is 28.8 Å². The molecule has 1 aliphatic carbocycles. The predicted octanol–water partition coefficient (Wildman–Crippen LogP) is 5.69. The van der Waals surface area contributed by atoms with Gasteiger partial charge in [0.2, 0.25) is 0 Å². The molecule has 0 radical (unpaired) electrons. The lowest BCUT2D eigenvalue weighted by atomic mass is 9.77. The van der Waals surface area contributed by atoms with Gasteiger partial charge in [0.05, 0.1) is 0 Å². The Morgan fingerprint density at radius 2 is 1.76 bits per heavy atom. The lowest BCUT2D eigenvalue weighted by molar-refractivity contribution is -0.123. The molecule has 3 rings (SSSR count). The Labute approximate surface area is 205 Å². The molecule has 0 saturated heterocycles. The van der Waals surface area contributed by atoms with E-state index in [4.69, 9.17) is 4.74 Å². The standard InChI is InChI=1S/C26H34BrN3O3/c1-6-30(7-2)20-13-11-19(12-14-20)28-23(31)26(29-24(32)33-25(3,4)5)16-15-18-9-8-10-22(27)21(18)17-26/h8-14H,6-7,15-17H2,1-5H3,(H,28,31)(H,29,32). The second-order valence-corrected chi connectivity index (χ2v) is 10.3. The van der Waals surface area contributed by atoms with Crippen LogP contribution in [0.25, 0.3) is 0 Å². The number of nitrogens with one attached hydrogen (secondary N) is 2. The van der Waals surface area contributed by atoms with Crippen LogP contribution in [0.3, 0.4) is 0 Å². The highest BCUT2D eigenvalue weighted by atomic mass is 79.9. The summed E-state index contributed by atoms with van der Waals surface area (Å²) in [7, 11) is 0. The van der Waals surface area contributed by atoms with Gasteiger partial charge in [-0.25, -0.2) is 4.79 Å². The van der Waals surface area contributed by atoms with Crippen molar-refractivity contribution in [3.05, 3.63) is 58.1 Å². The fourth-order valence-electron chi connectivity index (χ4n) is 4.23. The number of hydrogen-bond acceptors (Lipinski definition) is 4. The van der Waals surface area contributed by atoms with E-state index in [-0.39, 0.29) is 5.91 Å². The first-order chi connectivity index (χ1) is 15.6. The first-order valence-electron chi connectivity index (χ1n) is 11.5. The van der Waals surface area contributed by atoms with Crippen LogP contribution in [0, 0.1) is 0 Å². The number of benzene rings is 2. The van der Waals surface area contributed by atoms with Crippen LogP contribution in [0.15, 0.2) is 46.9 Å². The van der Waals surface area contributed by atoms with Gasteiger partial charge in [-0.15, -0.1) is 0 Å². The van der Waals surface area contributed by atoms with E-state index in [1.165, 1.54) is 5.56 Å². The third-order valence-corrected chi connectivity index (χ3v) is 6.69. The van der Waals surface area contributed by atoms with Crippen LogP contribution in [-0.2, 0) is 22.4 Å². The summed E-state index contributed by atoms with van der Waals surface area (Å²) in [5.74, 6) is -0.245. The summed E-state index contributed by atoms with van der Waals surface area (Å²) in [6.07, 6.45) is 0.953. The van der Waals surface area contributed by atoms with Gasteiger partial charge >= 0.3 is 6.09 Å². The van der Waals surface area contributed by atoms with Crippen molar-refractivity contribution in [1.29, 1.82) is 0 Å². The zero-order valence-corrected chi connectivity index (χ0v) is 21.7. The van der Waals surface area contributed by atoms with E-state index in [2.05, 4.69) is 51.4 Å². The van der Waals surface area contributed by atoms with Gasteiger partial charge in [-0.2, -0.15) is 0 Å². The Hall–Kier alpha value is -2.54. The van der Waals surface area contributed by atoms with E-state index >= 15 is 0 Å². The Kier molecular flexibility index (Phi) is 7.73. The molecule has 1 unspecified atom stereocenters. The lowest BCUT2D eigenvalue weighted by Crippen LogP contribution is -2.60. The van der Waals surface area contributed by atoms with Crippen molar-refractivity contribution in [2.45, 2.75) is 65.0 Å². The molecule has 2 N–H and O–H groups in total. The van der Waals surface area contributed by atoms with Crippen LogP contribution in [0.2, 0.25) is 0 Å². The fraction of sp³-hybridized carbons (Fsp3) is 0.462. The van der Waals surface area contributed by atoms with E-state index < -0.39 is 17.2 Å². The Bertz CT molecular complexity index is 997. The van der Waals surface area contributed by atoms with E-state index in [9.17, 15) is 9.59 Å². The number of hydrogen-bond donors (Lipinski definition) is 2. The van der Waals surface area contributed by atoms with Crippen molar-refractivity contribution in [2.75, 3.05) is 23.3 Å². The number of carbonyl (C=O) groups excluding carboxylic acids is 2. The highest BCUT2D eigenvalue weighted by molar-refractivity contribution is 9.10. The van der Waals surface area contributed by atoms with Gasteiger partial charge in [0.15, 0.2) is 0 Å². The minimum Gasteiger partial charge on any atom is -0.444 e. The lowest BCUT2D eigenvalue weighted by Gasteiger charge is -2.38. The maximum atomic E-state index is 13.6. The fourth-order valence-corrected chi connectivity index (χ4v) is 4.77. The quantitative estimate of drug-likeness (QED) is 0.518. The maximum Gasteiger partial charge on any atom is 0.408 e. The van der Waals surface area contributed by atoms with Crippen molar-refractivity contribution in [2.24, 2.45) is 0 Å². The highest BCUT2D eigenvalue weighted by Gasteiger charge is 2.44. The zero-order chi connectivity index (χ0) is 24.2. The molecule has 0 spiro atoms.